The lowest BCUT2D eigenvalue weighted by atomic mass is 10.0. The molecule has 0 spiro atoms. The zero-order chi connectivity index (χ0) is 22.0. The van der Waals surface area contributed by atoms with Crippen molar-refractivity contribution in [3.8, 4) is 17.6 Å². The number of hydrogen-bond donors (Lipinski definition) is 1. The van der Waals surface area contributed by atoms with Gasteiger partial charge in [0, 0.05) is 5.56 Å². The molecule has 0 unspecified atom stereocenters. The van der Waals surface area contributed by atoms with Crippen LogP contribution in [-0.2, 0) is 0 Å². The van der Waals surface area contributed by atoms with Gasteiger partial charge in [0.1, 0.15) is 23.4 Å². The highest BCUT2D eigenvalue weighted by molar-refractivity contribution is 6.00. The summed E-state index contributed by atoms with van der Waals surface area (Å²) in [5.74, 6) is 2.05. The highest BCUT2D eigenvalue weighted by Gasteiger charge is 2.14. The van der Waals surface area contributed by atoms with Crippen molar-refractivity contribution in [2.75, 3.05) is 13.2 Å². The van der Waals surface area contributed by atoms with Crippen LogP contribution in [0.4, 0.5) is 0 Å². The van der Waals surface area contributed by atoms with E-state index >= 15 is 0 Å². The molecule has 3 aromatic carbocycles. The number of nitrogens with one attached hydrogen (secondary N) is 1. The lowest BCUT2D eigenvalue weighted by Crippen LogP contribution is -1.96. The van der Waals surface area contributed by atoms with E-state index in [-0.39, 0.29) is 0 Å². The van der Waals surface area contributed by atoms with Crippen LogP contribution in [0.5, 0.6) is 11.5 Å². The van der Waals surface area contributed by atoms with Crippen molar-refractivity contribution < 1.29 is 9.47 Å². The summed E-state index contributed by atoms with van der Waals surface area (Å²) in [4.78, 5) is 7.97. The molecule has 5 nitrogen and oxygen atoms in total. The van der Waals surface area contributed by atoms with Crippen LogP contribution in [0.3, 0.4) is 0 Å². The summed E-state index contributed by atoms with van der Waals surface area (Å²) in [5, 5.41) is 12.0. The third-order valence-electron chi connectivity index (χ3n) is 5.37. The molecular formula is C26H25N3O2. The molecule has 0 aliphatic heterocycles. The number of aryl methyl sites for hydroxylation is 2. The Morgan fingerprint density at radius 3 is 2.52 bits per heavy atom. The van der Waals surface area contributed by atoms with Gasteiger partial charge in [0.25, 0.3) is 0 Å². The van der Waals surface area contributed by atoms with Crippen molar-refractivity contribution in [3.63, 3.8) is 0 Å². The van der Waals surface area contributed by atoms with Crippen LogP contribution in [0.25, 0.3) is 33.5 Å². The van der Waals surface area contributed by atoms with Crippen molar-refractivity contribution in [2.24, 2.45) is 0 Å². The van der Waals surface area contributed by atoms with Crippen molar-refractivity contribution in [1.29, 1.82) is 5.26 Å². The van der Waals surface area contributed by atoms with Gasteiger partial charge in [-0.25, -0.2) is 4.98 Å². The van der Waals surface area contributed by atoms with Crippen LogP contribution in [0.15, 0.2) is 42.5 Å². The van der Waals surface area contributed by atoms with Crippen molar-refractivity contribution in [2.45, 2.75) is 27.7 Å². The molecule has 156 valence electrons. The van der Waals surface area contributed by atoms with Gasteiger partial charge in [-0.15, -0.1) is 0 Å². The molecule has 0 amide bonds. The predicted octanol–water partition coefficient (Wildman–Crippen LogP) is 6.19. The van der Waals surface area contributed by atoms with E-state index in [0.29, 0.717) is 24.6 Å². The molecule has 0 saturated heterocycles. The molecule has 1 heterocycles. The first-order valence-electron chi connectivity index (χ1n) is 10.5. The van der Waals surface area contributed by atoms with Gasteiger partial charge in [0.15, 0.2) is 0 Å². The maximum absolute atomic E-state index is 9.96. The molecule has 0 atom stereocenters. The quantitative estimate of drug-likeness (QED) is 0.384. The van der Waals surface area contributed by atoms with E-state index in [2.05, 4.69) is 36.0 Å². The van der Waals surface area contributed by atoms with Gasteiger partial charge in [0.2, 0.25) is 0 Å². The van der Waals surface area contributed by atoms with Crippen LogP contribution in [0, 0.1) is 25.2 Å². The van der Waals surface area contributed by atoms with Crippen LogP contribution in [-0.4, -0.2) is 23.2 Å². The Morgan fingerprint density at radius 1 is 1.03 bits per heavy atom. The molecule has 4 aromatic rings. The van der Waals surface area contributed by atoms with Crippen LogP contribution >= 0.6 is 0 Å². The van der Waals surface area contributed by atoms with Gasteiger partial charge >= 0.3 is 0 Å². The molecular weight excluding hydrogens is 386 g/mol. The van der Waals surface area contributed by atoms with Gasteiger partial charge in [-0.3, -0.25) is 0 Å². The zero-order valence-corrected chi connectivity index (χ0v) is 18.2. The SMILES string of the molecule is CCOc1ccc2ccc(OCC)c(/C=C(/C#N)c3nc4cc(C)c(C)cc4[nH]3)c2c1. The first-order valence-corrected chi connectivity index (χ1v) is 10.5. The monoisotopic (exact) mass is 411 g/mol. The third-order valence-corrected chi connectivity index (χ3v) is 5.37. The number of benzene rings is 3. The van der Waals surface area contributed by atoms with Crippen molar-refractivity contribution >= 4 is 33.5 Å². The van der Waals surface area contributed by atoms with Gasteiger partial charge in [-0.05, 0) is 86.0 Å². The number of nitrogens with zero attached hydrogens (tertiary/aromatic N) is 2. The number of nitriles is 1. The summed E-state index contributed by atoms with van der Waals surface area (Å²) in [6, 6.07) is 16.3. The molecule has 4 rings (SSSR count). The number of imidazole rings is 1. The van der Waals surface area contributed by atoms with Gasteiger partial charge in [0.05, 0.1) is 29.8 Å². The molecule has 0 radical (unpaired) electrons. The smallest absolute Gasteiger partial charge is 0.149 e. The predicted molar refractivity (Wildman–Crippen MR) is 125 cm³/mol. The fraction of sp³-hybridized carbons (Fsp3) is 0.231. The summed E-state index contributed by atoms with van der Waals surface area (Å²) in [6.07, 6.45) is 1.85. The second-order valence-corrected chi connectivity index (χ2v) is 7.44. The van der Waals surface area contributed by atoms with Gasteiger partial charge < -0.3 is 14.5 Å². The summed E-state index contributed by atoms with van der Waals surface area (Å²) in [6.45, 7) is 9.15. The molecule has 1 aromatic heterocycles. The molecule has 0 bridgehead atoms. The normalized spacial score (nSPS) is 11.6. The Bertz CT molecular complexity index is 1300. The second kappa shape index (κ2) is 8.53. The van der Waals surface area contributed by atoms with E-state index in [1.165, 1.54) is 11.1 Å². The average Bonchev–Trinajstić information content (AvgIpc) is 3.16. The van der Waals surface area contributed by atoms with E-state index in [9.17, 15) is 5.26 Å². The Kier molecular flexibility index (Phi) is 5.64. The van der Waals surface area contributed by atoms with Crippen molar-refractivity contribution in [1.82, 2.24) is 9.97 Å². The first-order chi connectivity index (χ1) is 15.0. The molecule has 0 aliphatic rings. The third kappa shape index (κ3) is 3.97. The number of hydrogen-bond acceptors (Lipinski definition) is 4. The molecule has 0 saturated carbocycles. The van der Waals surface area contributed by atoms with E-state index in [1.54, 1.807) is 0 Å². The van der Waals surface area contributed by atoms with E-state index in [4.69, 9.17) is 9.47 Å². The Labute approximate surface area is 181 Å². The highest BCUT2D eigenvalue weighted by atomic mass is 16.5. The lowest BCUT2D eigenvalue weighted by molar-refractivity contribution is 0.339. The number of allylic oxidation sites excluding steroid dienone is 1. The standard InChI is InChI=1S/C26H25N3O2/c1-5-30-20-9-7-18-8-10-25(31-6-2)22(21(18)14-20)13-19(15-27)26-28-23-11-16(3)17(4)12-24(23)29-26/h7-14H,5-6H2,1-4H3,(H,28,29)/b19-13-. The summed E-state index contributed by atoms with van der Waals surface area (Å²) in [7, 11) is 0. The number of rotatable bonds is 6. The largest absolute Gasteiger partial charge is 0.494 e. The van der Waals surface area contributed by atoms with E-state index in [1.807, 2.05) is 56.3 Å². The average molecular weight is 412 g/mol. The zero-order valence-electron chi connectivity index (χ0n) is 18.2. The highest BCUT2D eigenvalue weighted by Crippen LogP contribution is 2.34. The fourth-order valence-electron chi connectivity index (χ4n) is 3.68. The number of fused-ring (bicyclic) bond motifs is 2. The van der Waals surface area contributed by atoms with Gasteiger partial charge in [-0.2, -0.15) is 5.26 Å². The molecule has 31 heavy (non-hydrogen) atoms. The maximum atomic E-state index is 9.96. The summed E-state index contributed by atoms with van der Waals surface area (Å²) >= 11 is 0. The van der Waals surface area contributed by atoms with Crippen LogP contribution in [0.2, 0.25) is 0 Å². The summed E-state index contributed by atoms with van der Waals surface area (Å²) < 4.78 is 11.6. The van der Waals surface area contributed by atoms with Gasteiger partial charge in [-0.1, -0.05) is 12.1 Å². The number of aromatic nitrogens is 2. The minimum atomic E-state index is 0.446. The minimum Gasteiger partial charge on any atom is -0.494 e. The molecule has 1 N–H and O–H groups in total. The van der Waals surface area contributed by atoms with E-state index in [0.717, 1.165) is 38.9 Å². The molecule has 0 aliphatic carbocycles. The number of ether oxygens (including phenoxy) is 2. The number of aromatic amines is 1. The molecule has 0 fully saturated rings. The first kappa shape index (κ1) is 20.5. The van der Waals surface area contributed by atoms with E-state index < -0.39 is 0 Å². The fourth-order valence-corrected chi connectivity index (χ4v) is 3.68. The Hall–Kier alpha value is -3.78. The Balaban J connectivity index is 1.92. The minimum absolute atomic E-state index is 0.446. The van der Waals surface area contributed by atoms with Crippen LogP contribution < -0.4 is 9.47 Å². The number of H-pyrrole nitrogens is 1. The Morgan fingerprint density at radius 2 is 1.77 bits per heavy atom. The lowest BCUT2D eigenvalue weighted by Gasteiger charge is -2.12. The summed E-state index contributed by atoms with van der Waals surface area (Å²) in [5.41, 5.74) is 5.40. The van der Waals surface area contributed by atoms with Crippen LogP contribution in [0.1, 0.15) is 36.4 Å². The second-order valence-electron chi connectivity index (χ2n) is 7.44. The maximum Gasteiger partial charge on any atom is 0.149 e. The molecule has 5 heteroatoms. The topological polar surface area (TPSA) is 70.9 Å². The van der Waals surface area contributed by atoms with Crippen molar-refractivity contribution in [3.05, 3.63) is 65.0 Å².